The van der Waals surface area contributed by atoms with Gasteiger partial charge in [0.1, 0.15) is 11.4 Å². The van der Waals surface area contributed by atoms with E-state index in [-0.39, 0.29) is 17.1 Å². The number of rotatable bonds is 0. The molecule has 0 unspecified atom stereocenters. The van der Waals surface area contributed by atoms with E-state index in [0.29, 0.717) is 16.8 Å². The van der Waals surface area contributed by atoms with E-state index in [1.54, 1.807) is 18.3 Å². The monoisotopic (exact) mass is 237 g/mol. The van der Waals surface area contributed by atoms with Gasteiger partial charge in [-0.05, 0) is 6.07 Å². The van der Waals surface area contributed by atoms with Gasteiger partial charge < -0.3 is 5.11 Å². The van der Waals surface area contributed by atoms with Crippen LogP contribution in [0.15, 0.2) is 30.6 Å². The van der Waals surface area contributed by atoms with Crippen LogP contribution in [0.2, 0.25) is 0 Å². The SMILES string of the molecule is O=C1c2c(O)cncc2-c2n[nH]c3cccc1c23. The van der Waals surface area contributed by atoms with Crippen molar-refractivity contribution >= 4 is 16.7 Å². The van der Waals surface area contributed by atoms with Crippen LogP contribution in [0.1, 0.15) is 15.9 Å². The third kappa shape index (κ3) is 0.940. The number of aromatic nitrogens is 3. The first kappa shape index (κ1) is 9.35. The molecule has 0 saturated carbocycles. The number of nitrogens with one attached hydrogen (secondary N) is 1. The molecule has 18 heavy (non-hydrogen) atoms. The number of carbonyl (C=O) groups excluding carboxylic acids is 1. The molecule has 0 atom stereocenters. The summed E-state index contributed by atoms with van der Waals surface area (Å²) in [5.41, 5.74) is 2.88. The lowest BCUT2D eigenvalue weighted by atomic mass is 9.88. The number of hydrogen-bond donors (Lipinski definition) is 2. The Morgan fingerprint density at radius 3 is 2.94 bits per heavy atom. The van der Waals surface area contributed by atoms with Crippen LogP contribution in [0.4, 0.5) is 0 Å². The van der Waals surface area contributed by atoms with Crippen molar-refractivity contribution in [3.63, 3.8) is 0 Å². The quantitative estimate of drug-likeness (QED) is 0.489. The fourth-order valence-electron chi connectivity index (χ4n) is 2.46. The zero-order valence-electron chi connectivity index (χ0n) is 9.14. The third-order valence-electron chi connectivity index (χ3n) is 3.24. The van der Waals surface area contributed by atoms with E-state index in [2.05, 4.69) is 15.2 Å². The predicted octanol–water partition coefficient (Wildman–Crippen LogP) is 1.87. The Balaban J connectivity index is 2.27. The molecule has 2 heterocycles. The van der Waals surface area contributed by atoms with Gasteiger partial charge in [0.25, 0.3) is 0 Å². The second kappa shape index (κ2) is 2.95. The smallest absolute Gasteiger partial charge is 0.198 e. The fraction of sp³-hybridized carbons (Fsp3) is 0. The lowest BCUT2D eigenvalue weighted by molar-refractivity contribution is 0.103. The van der Waals surface area contributed by atoms with Gasteiger partial charge in [-0.2, -0.15) is 5.10 Å². The molecule has 2 aromatic heterocycles. The molecule has 1 aliphatic carbocycles. The third-order valence-corrected chi connectivity index (χ3v) is 3.24. The largest absolute Gasteiger partial charge is 0.506 e. The van der Waals surface area contributed by atoms with Crippen LogP contribution in [0, 0.1) is 0 Å². The number of fused-ring (bicyclic) bond motifs is 2. The zero-order valence-corrected chi connectivity index (χ0v) is 9.14. The van der Waals surface area contributed by atoms with Crippen molar-refractivity contribution in [2.75, 3.05) is 0 Å². The average molecular weight is 237 g/mol. The van der Waals surface area contributed by atoms with Crippen molar-refractivity contribution in [2.24, 2.45) is 0 Å². The molecule has 3 aromatic rings. The van der Waals surface area contributed by atoms with Gasteiger partial charge in [-0.25, -0.2) is 0 Å². The van der Waals surface area contributed by atoms with Crippen LogP contribution in [-0.2, 0) is 0 Å². The highest BCUT2D eigenvalue weighted by Gasteiger charge is 2.29. The van der Waals surface area contributed by atoms with Gasteiger partial charge >= 0.3 is 0 Å². The number of aromatic hydroxyl groups is 1. The molecule has 1 aliphatic rings. The van der Waals surface area contributed by atoms with Gasteiger partial charge in [-0.3, -0.25) is 14.9 Å². The molecular weight excluding hydrogens is 230 g/mol. The number of pyridine rings is 1. The summed E-state index contributed by atoms with van der Waals surface area (Å²) in [5.74, 6) is -0.299. The Morgan fingerprint density at radius 2 is 2.06 bits per heavy atom. The maximum atomic E-state index is 12.4. The van der Waals surface area contributed by atoms with Crippen LogP contribution in [-0.4, -0.2) is 26.1 Å². The number of benzene rings is 1. The van der Waals surface area contributed by atoms with Crippen molar-refractivity contribution in [2.45, 2.75) is 0 Å². The molecule has 2 N–H and O–H groups in total. The highest BCUT2D eigenvalue weighted by atomic mass is 16.3. The number of aromatic amines is 1. The Morgan fingerprint density at radius 1 is 1.17 bits per heavy atom. The Bertz CT molecular complexity index is 820. The van der Waals surface area contributed by atoms with E-state index in [1.807, 2.05) is 6.07 Å². The van der Waals surface area contributed by atoms with Crippen molar-refractivity contribution in [1.82, 2.24) is 15.2 Å². The fourth-order valence-corrected chi connectivity index (χ4v) is 2.46. The minimum absolute atomic E-state index is 0.108. The van der Waals surface area contributed by atoms with Gasteiger partial charge in [0.05, 0.1) is 17.3 Å². The molecule has 0 fully saturated rings. The summed E-state index contributed by atoms with van der Waals surface area (Å²) >= 11 is 0. The summed E-state index contributed by atoms with van der Waals surface area (Å²) in [5, 5.41) is 17.7. The molecule has 0 bridgehead atoms. The van der Waals surface area contributed by atoms with E-state index in [1.165, 1.54) is 6.20 Å². The van der Waals surface area contributed by atoms with Gasteiger partial charge in [0, 0.05) is 22.7 Å². The molecule has 1 aromatic carbocycles. The average Bonchev–Trinajstić information content (AvgIpc) is 2.80. The standard InChI is InChI=1S/C13H7N3O2/c17-9-5-14-4-7-11(9)13(18)6-2-1-3-8-10(6)12(7)16-15-8/h1-5,17H,(H,15,16). The van der Waals surface area contributed by atoms with Crippen LogP contribution in [0.25, 0.3) is 22.2 Å². The van der Waals surface area contributed by atoms with E-state index >= 15 is 0 Å². The molecule has 5 nitrogen and oxygen atoms in total. The van der Waals surface area contributed by atoms with Gasteiger partial charge in [0.2, 0.25) is 0 Å². The lowest BCUT2D eigenvalue weighted by Crippen LogP contribution is -2.09. The topological polar surface area (TPSA) is 78.9 Å². The maximum Gasteiger partial charge on any atom is 0.198 e. The first-order valence-corrected chi connectivity index (χ1v) is 5.46. The summed E-state index contributed by atoms with van der Waals surface area (Å²) in [6, 6.07) is 5.40. The first-order chi connectivity index (χ1) is 8.77. The van der Waals surface area contributed by atoms with Gasteiger partial charge in [0.15, 0.2) is 5.78 Å². The molecule has 0 spiro atoms. The van der Waals surface area contributed by atoms with Crippen molar-refractivity contribution in [1.29, 1.82) is 0 Å². The van der Waals surface area contributed by atoms with Crippen molar-refractivity contribution < 1.29 is 9.90 Å². The molecular formula is C13H7N3O2. The normalized spacial score (nSPS) is 12.8. The molecule has 86 valence electrons. The Hall–Kier alpha value is -2.69. The van der Waals surface area contributed by atoms with Gasteiger partial charge in [-0.15, -0.1) is 0 Å². The number of carbonyl (C=O) groups is 1. The maximum absolute atomic E-state index is 12.4. The minimum Gasteiger partial charge on any atom is -0.506 e. The second-order valence-corrected chi connectivity index (χ2v) is 4.21. The van der Waals surface area contributed by atoms with Crippen LogP contribution in [0.5, 0.6) is 5.75 Å². The number of hydrogen-bond acceptors (Lipinski definition) is 4. The van der Waals surface area contributed by atoms with Crippen LogP contribution >= 0.6 is 0 Å². The Kier molecular flexibility index (Phi) is 1.53. The number of H-pyrrole nitrogens is 1. The summed E-state index contributed by atoms with van der Waals surface area (Å²) in [4.78, 5) is 16.3. The highest BCUT2D eigenvalue weighted by molar-refractivity contribution is 6.25. The van der Waals surface area contributed by atoms with E-state index in [9.17, 15) is 9.90 Å². The zero-order chi connectivity index (χ0) is 12.3. The minimum atomic E-state index is -0.190. The summed E-state index contributed by atoms with van der Waals surface area (Å²) in [6.07, 6.45) is 2.83. The van der Waals surface area contributed by atoms with Gasteiger partial charge in [-0.1, -0.05) is 12.1 Å². The number of ketones is 1. The van der Waals surface area contributed by atoms with E-state index in [0.717, 1.165) is 10.9 Å². The lowest BCUT2D eigenvalue weighted by Gasteiger charge is -2.14. The summed E-state index contributed by atoms with van der Waals surface area (Å²) in [7, 11) is 0. The molecule has 0 aliphatic heterocycles. The summed E-state index contributed by atoms with van der Waals surface area (Å²) in [6.45, 7) is 0. The highest BCUT2D eigenvalue weighted by Crippen LogP contribution is 2.40. The second-order valence-electron chi connectivity index (χ2n) is 4.21. The van der Waals surface area contributed by atoms with E-state index < -0.39 is 0 Å². The van der Waals surface area contributed by atoms with Crippen molar-refractivity contribution in [3.05, 3.63) is 41.7 Å². The predicted molar refractivity (Wildman–Crippen MR) is 64.4 cm³/mol. The van der Waals surface area contributed by atoms with Crippen LogP contribution in [0.3, 0.4) is 0 Å². The molecule has 5 heteroatoms. The first-order valence-electron chi connectivity index (χ1n) is 5.46. The summed E-state index contributed by atoms with van der Waals surface area (Å²) < 4.78 is 0. The molecule has 0 amide bonds. The molecule has 0 saturated heterocycles. The van der Waals surface area contributed by atoms with E-state index in [4.69, 9.17) is 0 Å². The molecule has 0 radical (unpaired) electrons. The Labute approximate surface area is 101 Å². The number of nitrogens with zero attached hydrogens (tertiary/aromatic N) is 2. The molecule has 4 rings (SSSR count). The van der Waals surface area contributed by atoms with Crippen molar-refractivity contribution in [3.8, 4) is 17.0 Å². The van der Waals surface area contributed by atoms with Crippen LogP contribution < -0.4 is 0 Å².